The van der Waals surface area contributed by atoms with Gasteiger partial charge >= 0.3 is 0 Å². The van der Waals surface area contributed by atoms with Crippen LogP contribution in [-0.2, 0) is 0 Å². The lowest BCUT2D eigenvalue weighted by atomic mass is 10.0. The molecule has 22 heavy (non-hydrogen) atoms. The second-order valence-electron chi connectivity index (χ2n) is 6.33. The standard InChI is InChI=1S/C16H23N5S/c1-11(2)9-21-6-4-13(10-21)14-8-15(19-12(3)18-14)20-16-17-5-7-22-16/h5,7-8,11,13H,4,6,9-10H2,1-3H3,(H,17,18,19,20)/t13-/m0/s1. The van der Waals surface area contributed by atoms with Gasteiger partial charge in [0.2, 0.25) is 0 Å². The van der Waals surface area contributed by atoms with Crippen molar-refractivity contribution >= 4 is 22.3 Å². The molecule has 1 N–H and O–H groups in total. The first kappa shape index (κ1) is 15.4. The van der Waals surface area contributed by atoms with Gasteiger partial charge in [-0.3, -0.25) is 0 Å². The van der Waals surface area contributed by atoms with Crippen molar-refractivity contribution in [3.63, 3.8) is 0 Å². The summed E-state index contributed by atoms with van der Waals surface area (Å²) in [6.07, 6.45) is 2.97. The Balaban J connectivity index is 1.72. The fourth-order valence-electron chi connectivity index (χ4n) is 3.01. The van der Waals surface area contributed by atoms with Crippen molar-refractivity contribution in [2.45, 2.75) is 33.1 Å². The molecular formula is C16H23N5S. The highest BCUT2D eigenvalue weighted by Gasteiger charge is 2.25. The zero-order valence-electron chi connectivity index (χ0n) is 13.4. The average Bonchev–Trinajstić information content (AvgIpc) is 3.09. The van der Waals surface area contributed by atoms with E-state index in [1.165, 1.54) is 19.5 Å². The summed E-state index contributed by atoms with van der Waals surface area (Å²) in [7, 11) is 0. The van der Waals surface area contributed by atoms with Gasteiger partial charge in [-0.1, -0.05) is 13.8 Å². The summed E-state index contributed by atoms with van der Waals surface area (Å²) in [6.45, 7) is 9.95. The Morgan fingerprint density at radius 3 is 3.00 bits per heavy atom. The zero-order valence-corrected chi connectivity index (χ0v) is 14.2. The van der Waals surface area contributed by atoms with E-state index in [1.807, 2.05) is 12.3 Å². The number of likely N-dealkylation sites (tertiary alicyclic amines) is 1. The molecule has 1 saturated heterocycles. The summed E-state index contributed by atoms with van der Waals surface area (Å²) in [5, 5.41) is 6.10. The van der Waals surface area contributed by atoms with Crippen LogP contribution in [0.25, 0.3) is 0 Å². The summed E-state index contributed by atoms with van der Waals surface area (Å²) in [5.74, 6) is 2.89. The van der Waals surface area contributed by atoms with Crippen LogP contribution in [0.1, 0.15) is 37.7 Å². The number of nitrogens with zero attached hydrogens (tertiary/aromatic N) is 4. The van der Waals surface area contributed by atoms with Crippen LogP contribution in [0.2, 0.25) is 0 Å². The monoisotopic (exact) mass is 317 g/mol. The van der Waals surface area contributed by atoms with Crippen LogP contribution in [0, 0.1) is 12.8 Å². The maximum atomic E-state index is 4.66. The molecule has 1 fully saturated rings. The van der Waals surface area contributed by atoms with Crippen LogP contribution in [0.5, 0.6) is 0 Å². The number of anilines is 2. The van der Waals surface area contributed by atoms with E-state index in [-0.39, 0.29) is 0 Å². The Morgan fingerprint density at radius 2 is 2.27 bits per heavy atom. The lowest BCUT2D eigenvalue weighted by molar-refractivity contribution is 0.294. The molecule has 1 atom stereocenters. The maximum Gasteiger partial charge on any atom is 0.188 e. The van der Waals surface area contributed by atoms with Crippen molar-refractivity contribution in [3.8, 4) is 0 Å². The van der Waals surface area contributed by atoms with Crippen molar-refractivity contribution in [2.75, 3.05) is 25.0 Å². The summed E-state index contributed by atoms with van der Waals surface area (Å²) < 4.78 is 0. The molecule has 1 aliphatic heterocycles. The normalized spacial score (nSPS) is 19.0. The van der Waals surface area contributed by atoms with Crippen molar-refractivity contribution in [1.29, 1.82) is 0 Å². The average molecular weight is 317 g/mol. The van der Waals surface area contributed by atoms with E-state index >= 15 is 0 Å². The second kappa shape index (κ2) is 6.71. The van der Waals surface area contributed by atoms with E-state index < -0.39 is 0 Å². The molecule has 0 unspecified atom stereocenters. The molecule has 1 aliphatic rings. The number of nitrogens with one attached hydrogen (secondary N) is 1. The molecule has 0 saturated carbocycles. The molecule has 5 nitrogen and oxygen atoms in total. The van der Waals surface area contributed by atoms with Crippen LogP contribution < -0.4 is 5.32 Å². The number of aryl methyl sites for hydroxylation is 1. The largest absolute Gasteiger partial charge is 0.316 e. The van der Waals surface area contributed by atoms with E-state index in [0.29, 0.717) is 11.8 Å². The first-order valence-electron chi connectivity index (χ1n) is 7.84. The van der Waals surface area contributed by atoms with Crippen LogP contribution in [0.4, 0.5) is 10.9 Å². The van der Waals surface area contributed by atoms with Crippen molar-refractivity contribution in [3.05, 3.63) is 29.2 Å². The first-order valence-corrected chi connectivity index (χ1v) is 8.72. The van der Waals surface area contributed by atoms with Crippen molar-refractivity contribution in [2.24, 2.45) is 5.92 Å². The maximum absolute atomic E-state index is 4.66. The number of thiazole rings is 1. The molecule has 0 aliphatic carbocycles. The van der Waals surface area contributed by atoms with E-state index in [0.717, 1.165) is 29.0 Å². The third-order valence-electron chi connectivity index (χ3n) is 3.84. The molecule has 0 radical (unpaired) electrons. The van der Waals surface area contributed by atoms with E-state index in [1.54, 1.807) is 17.5 Å². The van der Waals surface area contributed by atoms with Crippen LogP contribution in [0.15, 0.2) is 17.6 Å². The number of aromatic nitrogens is 3. The minimum Gasteiger partial charge on any atom is -0.316 e. The molecule has 118 valence electrons. The Morgan fingerprint density at radius 1 is 1.41 bits per heavy atom. The third kappa shape index (κ3) is 3.81. The number of hydrogen-bond acceptors (Lipinski definition) is 6. The lowest BCUT2D eigenvalue weighted by Gasteiger charge is -2.18. The second-order valence-corrected chi connectivity index (χ2v) is 7.22. The summed E-state index contributed by atoms with van der Waals surface area (Å²) in [5.41, 5.74) is 1.15. The highest BCUT2D eigenvalue weighted by Crippen LogP contribution is 2.28. The molecular weight excluding hydrogens is 294 g/mol. The van der Waals surface area contributed by atoms with Gasteiger partial charge < -0.3 is 10.2 Å². The van der Waals surface area contributed by atoms with Gasteiger partial charge in [0, 0.05) is 36.7 Å². The molecule has 0 amide bonds. The molecule has 2 aromatic heterocycles. The highest BCUT2D eigenvalue weighted by atomic mass is 32.1. The first-order chi connectivity index (χ1) is 10.6. The molecule has 3 rings (SSSR count). The van der Waals surface area contributed by atoms with Crippen LogP contribution in [0.3, 0.4) is 0 Å². The lowest BCUT2D eigenvalue weighted by Crippen LogP contribution is -2.25. The predicted octanol–water partition coefficient (Wildman–Crippen LogP) is 3.43. The quantitative estimate of drug-likeness (QED) is 0.915. The SMILES string of the molecule is Cc1nc(Nc2nccs2)cc([C@H]2CCN(CC(C)C)C2)n1. The Bertz CT molecular complexity index is 611. The molecule has 0 aromatic carbocycles. The molecule has 0 bridgehead atoms. The molecule has 6 heteroatoms. The number of rotatable bonds is 5. The highest BCUT2D eigenvalue weighted by molar-refractivity contribution is 7.13. The van der Waals surface area contributed by atoms with Gasteiger partial charge in [0.25, 0.3) is 0 Å². The molecule has 2 aromatic rings. The van der Waals surface area contributed by atoms with Gasteiger partial charge in [0.1, 0.15) is 11.6 Å². The number of hydrogen-bond donors (Lipinski definition) is 1. The summed E-state index contributed by atoms with van der Waals surface area (Å²) >= 11 is 1.58. The topological polar surface area (TPSA) is 53.9 Å². The van der Waals surface area contributed by atoms with Gasteiger partial charge in [0.05, 0.1) is 5.69 Å². The summed E-state index contributed by atoms with van der Waals surface area (Å²) in [6, 6.07) is 2.08. The smallest absolute Gasteiger partial charge is 0.188 e. The van der Waals surface area contributed by atoms with Crippen molar-refractivity contribution in [1.82, 2.24) is 19.9 Å². The molecule has 3 heterocycles. The van der Waals surface area contributed by atoms with Gasteiger partial charge in [0.15, 0.2) is 5.13 Å². The Kier molecular flexibility index (Phi) is 4.69. The van der Waals surface area contributed by atoms with E-state index in [4.69, 9.17) is 0 Å². The minimum atomic E-state index is 0.511. The minimum absolute atomic E-state index is 0.511. The van der Waals surface area contributed by atoms with Gasteiger partial charge in [-0.25, -0.2) is 15.0 Å². The predicted molar refractivity (Wildman–Crippen MR) is 90.8 cm³/mol. The van der Waals surface area contributed by atoms with Gasteiger partial charge in [-0.05, 0) is 25.8 Å². The Hall–Kier alpha value is -1.53. The fraction of sp³-hybridized carbons (Fsp3) is 0.562. The fourth-order valence-corrected chi connectivity index (χ4v) is 3.55. The van der Waals surface area contributed by atoms with Crippen molar-refractivity contribution < 1.29 is 0 Å². The zero-order chi connectivity index (χ0) is 15.5. The Labute approximate surface area is 135 Å². The van der Waals surface area contributed by atoms with Gasteiger partial charge in [-0.15, -0.1) is 11.3 Å². The van der Waals surface area contributed by atoms with Crippen LogP contribution >= 0.6 is 11.3 Å². The third-order valence-corrected chi connectivity index (χ3v) is 4.53. The molecule has 0 spiro atoms. The van der Waals surface area contributed by atoms with Crippen LogP contribution in [-0.4, -0.2) is 39.5 Å². The van der Waals surface area contributed by atoms with E-state index in [2.05, 4.69) is 45.1 Å². The summed E-state index contributed by atoms with van der Waals surface area (Å²) in [4.78, 5) is 15.9. The van der Waals surface area contributed by atoms with E-state index in [9.17, 15) is 0 Å². The van der Waals surface area contributed by atoms with Gasteiger partial charge in [-0.2, -0.15) is 0 Å².